The predicted molar refractivity (Wildman–Crippen MR) is 66.8 cm³/mol. The first kappa shape index (κ1) is 13.5. The van der Waals surface area contributed by atoms with Crippen LogP contribution in [0.2, 0.25) is 0 Å². The molecule has 1 heterocycles. The van der Waals surface area contributed by atoms with Crippen molar-refractivity contribution in [3.05, 3.63) is 29.7 Å². The predicted octanol–water partition coefficient (Wildman–Crippen LogP) is 4.52. The standard InChI is InChI=1S/C15H15F3O2/c16-15(17,18)13(19)12-10(11-5-4-8-20-11)9-14(12)6-2-1-3-7-14/h4-5,8H,1-3,6-7,9H2. The molecule has 1 spiro atoms. The van der Waals surface area contributed by atoms with E-state index in [2.05, 4.69) is 0 Å². The lowest BCUT2D eigenvalue weighted by molar-refractivity contribution is -0.168. The van der Waals surface area contributed by atoms with E-state index in [-0.39, 0.29) is 5.57 Å². The number of furan rings is 1. The van der Waals surface area contributed by atoms with E-state index in [1.165, 1.54) is 6.26 Å². The van der Waals surface area contributed by atoms with E-state index < -0.39 is 17.4 Å². The molecule has 3 rings (SSSR count). The van der Waals surface area contributed by atoms with Gasteiger partial charge in [0.15, 0.2) is 0 Å². The molecule has 108 valence electrons. The van der Waals surface area contributed by atoms with Gasteiger partial charge in [-0.25, -0.2) is 0 Å². The molecule has 0 saturated heterocycles. The van der Waals surface area contributed by atoms with Crippen molar-refractivity contribution in [2.45, 2.75) is 44.7 Å². The lowest BCUT2D eigenvalue weighted by atomic mass is 9.55. The molecule has 0 unspecified atom stereocenters. The van der Waals surface area contributed by atoms with Gasteiger partial charge in [-0.3, -0.25) is 4.79 Å². The molecule has 0 bridgehead atoms. The summed E-state index contributed by atoms with van der Waals surface area (Å²) >= 11 is 0. The normalized spacial score (nSPS) is 21.9. The van der Waals surface area contributed by atoms with Crippen molar-refractivity contribution in [3.8, 4) is 0 Å². The molecule has 0 N–H and O–H groups in total. The molecular formula is C15H15F3O2. The van der Waals surface area contributed by atoms with Gasteiger partial charge in [0.25, 0.3) is 5.78 Å². The van der Waals surface area contributed by atoms with Crippen LogP contribution in [-0.4, -0.2) is 12.0 Å². The largest absolute Gasteiger partial charge is 0.465 e. The molecule has 2 aliphatic carbocycles. The van der Waals surface area contributed by atoms with Crippen LogP contribution in [0.25, 0.3) is 5.57 Å². The van der Waals surface area contributed by atoms with Gasteiger partial charge in [-0.2, -0.15) is 13.2 Å². The van der Waals surface area contributed by atoms with Gasteiger partial charge >= 0.3 is 6.18 Å². The summed E-state index contributed by atoms with van der Waals surface area (Å²) in [5, 5.41) is 0. The monoisotopic (exact) mass is 284 g/mol. The average molecular weight is 284 g/mol. The van der Waals surface area contributed by atoms with E-state index in [4.69, 9.17) is 4.42 Å². The molecule has 1 fully saturated rings. The van der Waals surface area contributed by atoms with E-state index in [1.54, 1.807) is 12.1 Å². The van der Waals surface area contributed by atoms with E-state index in [1.807, 2.05) is 0 Å². The number of hydrogen-bond acceptors (Lipinski definition) is 2. The van der Waals surface area contributed by atoms with Crippen LogP contribution in [0.5, 0.6) is 0 Å². The third-order valence-electron chi connectivity index (χ3n) is 4.46. The summed E-state index contributed by atoms with van der Waals surface area (Å²) in [7, 11) is 0. The summed E-state index contributed by atoms with van der Waals surface area (Å²) in [5.41, 5.74) is -0.161. The SMILES string of the molecule is O=C(C1=C(c2ccco2)CC12CCCCC2)C(F)(F)F. The number of Topliss-reactive ketones (excluding diaryl/α,β-unsaturated/α-hetero) is 1. The lowest BCUT2D eigenvalue weighted by Gasteiger charge is -2.47. The first-order valence-electron chi connectivity index (χ1n) is 6.83. The number of carbonyl (C=O) groups is 1. The van der Waals surface area contributed by atoms with Gasteiger partial charge in [-0.15, -0.1) is 0 Å². The maximum Gasteiger partial charge on any atom is 0.454 e. The fourth-order valence-electron chi connectivity index (χ4n) is 3.56. The highest BCUT2D eigenvalue weighted by atomic mass is 19.4. The molecule has 0 atom stereocenters. The Labute approximate surface area is 114 Å². The Kier molecular flexibility index (Phi) is 3.03. The number of alkyl halides is 3. The van der Waals surface area contributed by atoms with E-state index in [0.29, 0.717) is 30.6 Å². The maximum atomic E-state index is 12.9. The number of rotatable bonds is 2. The Morgan fingerprint density at radius 1 is 1.20 bits per heavy atom. The van der Waals surface area contributed by atoms with Crippen LogP contribution in [0.1, 0.15) is 44.3 Å². The van der Waals surface area contributed by atoms with Gasteiger partial charge in [0, 0.05) is 16.6 Å². The Bertz CT molecular complexity index is 546. The molecule has 5 heteroatoms. The second kappa shape index (κ2) is 4.50. The zero-order valence-corrected chi connectivity index (χ0v) is 10.9. The highest BCUT2D eigenvalue weighted by Gasteiger charge is 2.55. The van der Waals surface area contributed by atoms with Crippen LogP contribution < -0.4 is 0 Å². The van der Waals surface area contributed by atoms with Gasteiger partial charge in [-0.05, 0) is 31.4 Å². The second-order valence-corrected chi connectivity index (χ2v) is 5.68. The lowest BCUT2D eigenvalue weighted by Crippen LogP contribution is -2.43. The van der Waals surface area contributed by atoms with E-state index >= 15 is 0 Å². The highest BCUT2D eigenvalue weighted by Crippen LogP contribution is 2.59. The second-order valence-electron chi connectivity index (χ2n) is 5.68. The quantitative estimate of drug-likeness (QED) is 0.799. The fraction of sp³-hybridized carbons (Fsp3) is 0.533. The molecule has 2 aliphatic rings. The number of allylic oxidation sites excluding steroid dienone is 2. The molecule has 20 heavy (non-hydrogen) atoms. The number of ketones is 1. The van der Waals surface area contributed by atoms with Gasteiger partial charge in [0.05, 0.1) is 6.26 Å². The smallest absolute Gasteiger partial charge is 0.454 e. The van der Waals surface area contributed by atoms with Crippen molar-refractivity contribution in [1.82, 2.24) is 0 Å². The Morgan fingerprint density at radius 2 is 1.90 bits per heavy atom. The first-order valence-corrected chi connectivity index (χ1v) is 6.83. The molecule has 0 radical (unpaired) electrons. The molecule has 0 amide bonds. The van der Waals surface area contributed by atoms with Crippen LogP contribution in [0.3, 0.4) is 0 Å². The summed E-state index contributed by atoms with van der Waals surface area (Å²) < 4.78 is 43.8. The van der Waals surface area contributed by atoms with Crippen LogP contribution in [0.15, 0.2) is 28.4 Å². The molecule has 1 saturated carbocycles. The summed E-state index contributed by atoms with van der Waals surface area (Å²) in [6.07, 6.45) is 1.30. The third kappa shape index (κ3) is 2.00. The molecule has 2 nitrogen and oxygen atoms in total. The molecule has 0 aliphatic heterocycles. The van der Waals surface area contributed by atoms with Crippen molar-refractivity contribution in [2.75, 3.05) is 0 Å². The van der Waals surface area contributed by atoms with E-state index in [0.717, 1.165) is 19.3 Å². The average Bonchev–Trinajstić information content (AvgIpc) is 2.89. The zero-order chi connectivity index (χ0) is 14.4. The fourth-order valence-corrected chi connectivity index (χ4v) is 3.56. The van der Waals surface area contributed by atoms with Crippen molar-refractivity contribution in [3.63, 3.8) is 0 Å². The van der Waals surface area contributed by atoms with E-state index in [9.17, 15) is 18.0 Å². The van der Waals surface area contributed by atoms with Crippen molar-refractivity contribution in [1.29, 1.82) is 0 Å². The first-order chi connectivity index (χ1) is 9.44. The van der Waals surface area contributed by atoms with Crippen LogP contribution in [-0.2, 0) is 4.79 Å². The Balaban J connectivity index is 2.04. The number of hydrogen-bond donors (Lipinski definition) is 0. The Hall–Kier alpha value is -1.52. The van der Waals surface area contributed by atoms with Gasteiger partial charge < -0.3 is 4.42 Å². The highest BCUT2D eigenvalue weighted by molar-refractivity contribution is 6.09. The third-order valence-corrected chi connectivity index (χ3v) is 4.46. The molecular weight excluding hydrogens is 269 g/mol. The minimum Gasteiger partial charge on any atom is -0.465 e. The van der Waals surface area contributed by atoms with Gasteiger partial charge in [-0.1, -0.05) is 19.3 Å². The minimum atomic E-state index is -4.81. The van der Waals surface area contributed by atoms with Crippen molar-refractivity contribution < 1.29 is 22.4 Å². The summed E-state index contributed by atoms with van der Waals surface area (Å²) in [4.78, 5) is 11.8. The van der Waals surface area contributed by atoms with Gasteiger partial charge in [0.2, 0.25) is 0 Å². The topological polar surface area (TPSA) is 30.2 Å². The van der Waals surface area contributed by atoms with Crippen LogP contribution in [0.4, 0.5) is 13.2 Å². The molecule has 1 aromatic heterocycles. The maximum absolute atomic E-state index is 12.9. The minimum absolute atomic E-state index is 0.0420. The van der Waals surface area contributed by atoms with Crippen LogP contribution >= 0.6 is 0 Å². The van der Waals surface area contributed by atoms with Crippen molar-refractivity contribution in [2.24, 2.45) is 5.41 Å². The number of halogens is 3. The summed E-state index contributed by atoms with van der Waals surface area (Å²) in [6, 6.07) is 3.25. The van der Waals surface area contributed by atoms with Crippen molar-refractivity contribution >= 4 is 11.4 Å². The summed E-state index contributed by atoms with van der Waals surface area (Å²) in [5.74, 6) is -1.29. The van der Waals surface area contributed by atoms with Crippen LogP contribution in [0, 0.1) is 5.41 Å². The molecule has 0 aromatic carbocycles. The Morgan fingerprint density at radius 3 is 2.45 bits per heavy atom. The van der Waals surface area contributed by atoms with Gasteiger partial charge in [0.1, 0.15) is 5.76 Å². The molecule has 1 aromatic rings. The zero-order valence-electron chi connectivity index (χ0n) is 10.9. The number of carbonyl (C=O) groups excluding carboxylic acids is 1. The summed E-state index contributed by atoms with van der Waals surface area (Å²) in [6.45, 7) is 0.